The molecule has 0 spiro atoms. The van der Waals surface area contributed by atoms with E-state index in [1.54, 1.807) is 0 Å². The second-order valence-electron chi connectivity index (χ2n) is 4.62. The molecule has 1 heterocycles. The van der Waals surface area contributed by atoms with Crippen molar-refractivity contribution in [3.8, 4) is 6.07 Å². The first-order chi connectivity index (χ1) is 8.52. The van der Waals surface area contributed by atoms with Crippen LogP contribution in [0.3, 0.4) is 0 Å². The molecule has 0 aliphatic heterocycles. The molecule has 0 bridgehead atoms. The molecule has 6 heteroatoms. The number of hydrogen-bond donors (Lipinski definition) is 0. The fraction of sp³-hybridized carbons (Fsp3) is 0.667. The van der Waals surface area contributed by atoms with Gasteiger partial charge >= 0.3 is 6.18 Å². The molecule has 1 aromatic rings. The van der Waals surface area contributed by atoms with Crippen LogP contribution in [-0.4, -0.2) is 9.78 Å². The van der Waals surface area contributed by atoms with E-state index < -0.39 is 11.9 Å². The van der Waals surface area contributed by atoms with E-state index in [4.69, 9.17) is 5.26 Å². The van der Waals surface area contributed by atoms with Crippen molar-refractivity contribution < 1.29 is 13.2 Å². The fourth-order valence-corrected chi connectivity index (χ4v) is 2.43. The van der Waals surface area contributed by atoms with E-state index in [-0.39, 0.29) is 12.0 Å². The molecular weight excluding hydrogens is 243 g/mol. The molecule has 2 rings (SSSR count). The largest absolute Gasteiger partial charge is 0.435 e. The fourth-order valence-electron chi connectivity index (χ4n) is 2.43. The third-order valence-electron chi connectivity index (χ3n) is 3.38. The lowest BCUT2D eigenvalue weighted by Crippen LogP contribution is -2.19. The van der Waals surface area contributed by atoms with Crippen molar-refractivity contribution >= 4 is 0 Å². The molecule has 1 aromatic heterocycles. The molecule has 18 heavy (non-hydrogen) atoms. The Kier molecular flexibility index (Phi) is 3.60. The number of aromatic nitrogens is 2. The van der Waals surface area contributed by atoms with Gasteiger partial charge in [0.25, 0.3) is 0 Å². The molecule has 0 N–H and O–H groups in total. The van der Waals surface area contributed by atoms with Gasteiger partial charge in [0.2, 0.25) is 0 Å². The van der Waals surface area contributed by atoms with Gasteiger partial charge in [-0.2, -0.15) is 23.5 Å². The first-order valence-corrected chi connectivity index (χ1v) is 6.04. The van der Waals surface area contributed by atoms with Crippen LogP contribution in [0.15, 0.2) is 12.3 Å². The lowest BCUT2D eigenvalue weighted by molar-refractivity contribution is -0.141. The highest BCUT2D eigenvalue weighted by atomic mass is 19.4. The van der Waals surface area contributed by atoms with E-state index >= 15 is 0 Å². The van der Waals surface area contributed by atoms with Crippen LogP contribution in [0.4, 0.5) is 13.2 Å². The molecule has 0 aromatic carbocycles. The molecule has 98 valence electrons. The summed E-state index contributed by atoms with van der Waals surface area (Å²) in [5.74, 6) is -0.242. The Balaban J connectivity index is 2.23. The first-order valence-electron chi connectivity index (χ1n) is 6.04. The van der Waals surface area contributed by atoms with Gasteiger partial charge in [-0.15, -0.1) is 0 Å². The summed E-state index contributed by atoms with van der Waals surface area (Å²) < 4.78 is 38.8. The Morgan fingerprint density at radius 3 is 2.61 bits per heavy atom. The van der Waals surface area contributed by atoms with Crippen molar-refractivity contribution in [2.75, 3.05) is 0 Å². The number of alkyl halides is 3. The average Bonchev–Trinajstić information content (AvgIpc) is 2.68. The lowest BCUT2D eigenvalue weighted by Gasteiger charge is -2.19. The molecule has 1 saturated carbocycles. The second-order valence-corrected chi connectivity index (χ2v) is 4.62. The smallest absolute Gasteiger partial charge is 0.268 e. The summed E-state index contributed by atoms with van der Waals surface area (Å²) in [4.78, 5) is 0. The summed E-state index contributed by atoms with van der Waals surface area (Å²) in [5, 5.41) is 12.7. The number of rotatable bonds is 1. The summed E-state index contributed by atoms with van der Waals surface area (Å²) in [6.07, 6.45) is 1.30. The third-order valence-corrected chi connectivity index (χ3v) is 3.38. The topological polar surface area (TPSA) is 41.6 Å². The zero-order valence-electron chi connectivity index (χ0n) is 9.82. The maximum atomic E-state index is 12.5. The molecule has 1 aliphatic carbocycles. The van der Waals surface area contributed by atoms with Crippen molar-refractivity contribution in [3.05, 3.63) is 18.0 Å². The van der Waals surface area contributed by atoms with Crippen LogP contribution in [0.1, 0.15) is 43.8 Å². The van der Waals surface area contributed by atoms with Gasteiger partial charge in [0, 0.05) is 6.20 Å². The van der Waals surface area contributed by atoms with Crippen LogP contribution in [0.25, 0.3) is 0 Å². The van der Waals surface area contributed by atoms with E-state index in [0.29, 0.717) is 0 Å². The van der Waals surface area contributed by atoms with Crippen LogP contribution in [0.2, 0.25) is 0 Å². The molecule has 3 nitrogen and oxygen atoms in total. The Morgan fingerprint density at radius 1 is 1.28 bits per heavy atom. The molecule has 2 unspecified atom stereocenters. The molecule has 0 amide bonds. The van der Waals surface area contributed by atoms with E-state index in [9.17, 15) is 13.2 Å². The second kappa shape index (κ2) is 5.01. The standard InChI is InChI=1S/C12H14F3N3/c13-12(14,15)11-6-7-18(17-11)10-5-3-1-2-4-9(10)8-16/h6-7,9-10H,1-5H2. The van der Waals surface area contributed by atoms with Crippen molar-refractivity contribution in [1.82, 2.24) is 9.78 Å². The highest BCUT2D eigenvalue weighted by Crippen LogP contribution is 2.33. The van der Waals surface area contributed by atoms with Gasteiger partial charge in [-0.25, -0.2) is 0 Å². The highest BCUT2D eigenvalue weighted by molar-refractivity contribution is 5.05. The van der Waals surface area contributed by atoms with E-state index in [1.165, 1.54) is 10.9 Å². The summed E-state index contributed by atoms with van der Waals surface area (Å²) >= 11 is 0. The van der Waals surface area contributed by atoms with Crippen LogP contribution in [-0.2, 0) is 6.18 Å². The molecular formula is C12H14F3N3. The minimum absolute atomic E-state index is 0.228. The minimum Gasteiger partial charge on any atom is -0.268 e. The predicted octanol–water partition coefficient (Wildman–Crippen LogP) is 3.55. The predicted molar refractivity (Wildman–Crippen MR) is 58.5 cm³/mol. The van der Waals surface area contributed by atoms with Gasteiger partial charge in [-0.3, -0.25) is 4.68 Å². The maximum absolute atomic E-state index is 12.5. The molecule has 0 radical (unpaired) electrons. The van der Waals surface area contributed by atoms with Crippen LogP contribution >= 0.6 is 0 Å². The molecule has 1 aliphatic rings. The van der Waals surface area contributed by atoms with Crippen molar-refractivity contribution in [2.24, 2.45) is 5.92 Å². The minimum atomic E-state index is -4.42. The molecule has 2 atom stereocenters. The van der Waals surface area contributed by atoms with Crippen molar-refractivity contribution in [3.63, 3.8) is 0 Å². The summed E-state index contributed by atoms with van der Waals surface area (Å²) in [6.45, 7) is 0. The van der Waals surface area contributed by atoms with Crippen LogP contribution in [0.5, 0.6) is 0 Å². The third kappa shape index (κ3) is 2.66. The van der Waals surface area contributed by atoms with E-state index in [1.807, 2.05) is 0 Å². The van der Waals surface area contributed by atoms with Gasteiger partial charge in [0.1, 0.15) is 0 Å². The van der Waals surface area contributed by atoms with E-state index in [0.717, 1.165) is 38.2 Å². The summed E-state index contributed by atoms with van der Waals surface area (Å²) in [7, 11) is 0. The molecule has 1 fully saturated rings. The van der Waals surface area contributed by atoms with E-state index in [2.05, 4.69) is 11.2 Å². The normalized spacial score (nSPS) is 25.4. The Bertz CT molecular complexity index is 444. The number of nitriles is 1. The SMILES string of the molecule is N#CC1CCCCCC1n1ccc(C(F)(F)F)n1. The highest BCUT2D eigenvalue weighted by Gasteiger charge is 2.35. The first kappa shape index (κ1) is 12.9. The molecule has 0 saturated heterocycles. The van der Waals surface area contributed by atoms with Crippen LogP contribution in [0, 0.1) is 17.2 Å². The zero-order chi connectivity index (χ0) is 13.2. The van der Waals surface area contributed by atoms with Gasteiger partial charge in [0.15, 0.2) is 5.69 Å². The zero-order valence-corrected chi connectivity index (χ0v) is 9.82. The summed E-state index contributed by atoms with van der Waals surface area (Å²) in [6, 6.07) is 2.94. The Hall–Kier alpha value is -1.51. The van der Waals surface area contributed by atoms with Crippen molar-refractivity contribution in [1.29, 1.82) is 5.26 Å². The maximum Gasteiger partial charge on any atom is 0.435 e. The van der Waals surface area contributed by atoms with Crippen molar-refractivity contribution in [2.45, 2.75) is 44.3 Å². The lowest BCUT2D eigenvalue weighted by atomic mass is 9.97. The van der Waals surface area contributed by atoms with Gasteiger partial charge in [-0.05, 0) is 18.9 Å². The average molecular weight is 257 g/mol. The van der Waals surface area contributed by atoms with Gasteiger partial charge in [0.05, 0.1) is 18.0 Å². The van der Waals surface area contributed by atoms with Gasteiger partial charge < -0.3 is 0 Å². The monoisotopic (exact) mass is 257 g/mol. The number of nitrogens with zero attached hydrogens (tertiary/aromatic N) is 3. The summed E-state index contributed by atoms with van der Waals surface area (Å²) in [5.41, 5.74) is -0.886. The van der Waals surface area contributed by atoms with Gasteiger partial charge in [-0.1, -0.05) is 19.3 Å². The Labute approximate surface area is 103 Å². The number of halogens is 3. The van der Waals surface area contributed by atoms with Crippen LogP contribution < -0.4 is 0 Å². The number of hydrogen-bond acceptors (Lipinski definition) is 2. The quantitative estimate of drug-likeness (QED) is 0.722. The Morgan fingerprint density at radius 2 is 2.00 bits per heavy atom.